The molecule has 138 valence electrons. The van der Waals surface area contributed by atoms with Gasteiger partial charge < -0.3 is 10.6 Å². The monoisotopic (exact) mass is 353 g/mol. The second-order valence-corrected chi connectivity index (χ2v) is 7.31. The molecule has 1 saturated carbocycles. The van der Waals surface area contributed by atoms with Gasteiger partial charge in [0.2, 0.25) is 0 Å². The van der Waals surface area contributed by atoms with Crippen molar-refractivity contribution >= 4 is 5.96 Å². The van der Waals surface area contributed by atoms with Gasteiger partial charge in [0.1, 0.15) is 6.33 Å². The Morgan fingerprint density at radius 2 is 2.27 bits per heavy atom. The van der Waals surface area contributed by atoms with E-state index in [-0.39, 0.29) is 0 Å². The van der Waals surface area contributed by atoms with E-state index in [1.54, 1.807) is 0 Å². The standard InChI is InChI=1S/C19H27N7/c1-13-8-16(11-26(13)17-6-7-17)24-19(20-2)21-10-14-4-3-5-15(9-14)18-22-12-23-25-18/h3-5,9,12-13,16-17H,6-8,10-11H2,1-2H3,(H2,20,21,24)(H,22,23,25). The van der Waals surface area contributed by atoms with Gasteiger partial charge in [-0.25, -0.2) is 4.98 Å². The Kier molecular flexibility index (Phi) is 4.88. The maximum atomic E-state index is 4.40. The highest BCUT2D eigenvalue weighted by atomic mass is 15.3. The van der Waals surface area contributed by atoms with Crippen molar-refractivity contribution in [3.63, 3.8) is 0 Å². The lowest BCUT2D eigenvalue weighted by molar-refractivity contribution is 0.256. The number of hydrogen-bond acceptors (Lipinski definition) is 4. The number of aliphatic imine (C=N–C) groups is 1. The van der Waals surface area contributed by atoms with Crippen molar-refractivity contribution in [2.45, 2.75) is 50.9 Å². The van der Waals surface area contributed by atoms with E-state index in [2.05, 4.69) is 54.8 Å². The van der Waals surface area contributed by atoms with Crippen molar-refractivity contribution in [3.8, 4) is 11.4 Å². The molecule has 2 atom stereocenters. The Balaban J connectivity index is 1.32. The van der Waals surface area contributed by atoms with Gasteiger partial charge in [0.25, 0.3) is 0 Å². The second kappa shape index (κ2) is 7.45. The van der Waals surface area contributed by atoms with Crippen LogP contribution in [0.2, 0.25) is 0 Å². The molecule has 1 aromatic carbocycles. The van der Waals surface area contributed by atoms with Crippen LogP contribution in [0.4, 0.5) is 0 Å². The smallest absolute Gasteiger partial charge is 0.191 e. The summed E-state index contributed by atoms with van der Waals surface area (Å²) in [5, 5.41) is 13.8. The van der Waals surface area contributed by atoms with Gasteiger partial charge in [-0.1, -0.05) is 18.2 Å². The van der Waals surface area contributed by atoms with Gasteiger partial charge in [0, 0.05) is 43.8 Å². The number of hydrogen-bond donors (Lipinski definition) is 3. The van der Waals surface area contributed by atoms with Crippen LogP contribution < -0.4 is 10.6 Å². The molecule has 0 amide bonds. The normalized spacial score (nSPS) is 24.0. The predicted molar refractivity (Wildman–Crippen MR) is 103 cm³/mol. The van der Waals surface area contributed by atoms with Crippen LogP contribution in [0.1, 0.15) is 31.7 Å². The highest BCUT2D eigenvalue weighted by Crippen LogP contribution is 2.33. The van der Waals surface area contributed by atoms with Crippen LogP contribution in [0, 0.1) is 0 Å². The molecule has 1 saturated heterocycles. The molecule has 2 aromatic rings. The van der Waals surface area contributed by atoms with Crippen molar-refractivity contribution in [2.75, 3.05) is 13.6 Å². The summed E-state index contributed by atoms with van der Waals surface area (Å²) in [7, 11) is 1.83. The van der Waals surface area contributed by atoms with Crippen molar-refractivity contribution in [2.24, 2.45) is 4.99 Å². The molecule has 2 fully saturated rings. The van der Waals surface area contributed by atoms with Crippen LogP contribution in [0.3, 0.4) is 0 Å². The molecule has 4 rings (SSSR count). The first-order valence-corrected chi connectivity index (χ1v) is 9.40. The molecular weight excluding hydrogens is 326 g/mol. The summed E-state index contributed by atoms with van der Waals surface area (Å²) >= 11 is 0. The zero-order valence-electron chi connectivity index (χ0n) is 15.4. The van der Waals surface area contributed by atoms with E-state index in [1.165, 1.54) is 31.2 Å². The number of benzene rings is 1. The van der Waals surface area contributed by atoms with Crippen LogP contribution in [-0.2, 0) is 6.54 Å². The van der Waals surface area contributed by atoms with Crippen LogP contribution in [0.15, 0.2) is 35.6 Å². The molecule has 2 unspecified atom stereocenters. The predicted octanol–water partition coefficient (Wildman–Crippen LogP) is 1.76. The fourth-order valence-electron chi connectivity index (χ4n) is 3.82. The minimum absolute atomic E-state index is 0.470. The van der Waals surface area contributed by atoms with E-state index in [4.69, 9.17) is 0 Å². The van der Waals surface area contributed by atoms with Crippen molar-refractivity contribution in [1.82, 2.24) is 30.7 Å². The van der Waals surface area contributed by atoms with Crippen LogP contribution in [0.25, 0.3) is 11.4 Å². The number of rotatable bonds is 5. The highest BCUT2D eigenvalue weighted by molar-refractivity contribution is 5.80. The zero-order valence-corrected chi connectivity index (χ0v) is 15.4. The quantitative estimate of drug-likeness (QED) is 0.564. The van der Waals surface area contributed by atoms with Gasteiger partial charge in [0.05, 0.1) is 0 Å². The Bertz CT molecular complexity index is 751. The fourth-order valence-corrected chi connectivity index (χ4v) is 3.82. The average Bonchev–Trinajstić information content (AvgIpc) is 3.21. The molecule has 7 heteroatoms. The average molecular weight is 353 g/mol. The molecule has 1 aliphatic carbocycles. The number of nitrogens with zero attached hydrogens (tertiary/aromatic N) is 4. The number of guanidine groups is 1. The highest BCUT2D eigenvalue weighted by Gasteiger charge is 2.38. The molecule has 0 spiro atoms. The summed E-state index contributed by atoms with van der Waals surface area (Å²) in [6.45, 7) is 4.18. The topological polar surface area (TPSA) is 81.2 Å². The van der Waals surface area contributed by atoms with E-state index >= 15 is 0 Å². The van der Waals surface area contributed by atoms with Crippen LogP contribution in [0.5, 0.6) is 0 Å². The van der Waals surface area contributed by atoms with Crippen molar-refractivity contribution in [3.05, 3.63) is 36.2 Å². The Morgan fingerprint density at radius 1 is 1.38 bits per heavy atom. The van der Waals surface area contributed by atoms with Crippen molar-refractivity contribution < 1.29 is 0 Å². The third kappa shape index (κ3) is 3.88. The number of H-pyrrole nitrogens is 1. The molecular formula is C19H27N7. The number of likely N-dealkylation sites (tertiary alicyclic amines) is 1. The van der Waals surface area contributed by atoms with Gasteiger partial charge >= 0.3 is 0 Å². The minimum atomic E-state index is 0.470. The summed E-state index contributed by atoms with van der Waals surface area (Å²) in [5.41, 5.74) is 2.22. The first kappa shape index (κ1) is 17.0. The second-order valence-electron chi connectivity index (χ2n) is 7.31. The maximum Gasteiger partial charge on any atom is 0.191 e. The zero-order chi connectivity index (χ0) is 17.9. The first-order chi connectivity index (χ1) is 12.7. The molecule has 2 aliphatic rings. The largest absolute Gasteiger partial charge is 0.352 e. The van der Waals surface area contributed by atoms with E-state index in [9.17, 15) is 0 Å². The molecule has 3 N–H and O–H groups in total. The summed E-state index contributed by atoms with van der Waals surface area (Å²) < 4.78 is 0. The summed E-state index contributed by atoms with van der Waals surface area (Å²) in [4.78, 5) is 11.3. The third-order valence-corrected chi connectivity index (χ3v) is 5.28. The van der Waals surface area contributed by atoms with E-state index in [0.29, 0.717) is 12.1 Å². The summed E-state index contributed by atoms with van der Waals surface area (Å²) in [6, 6.07) is 10.3. The van der Waals surface area contributed by atoms with Gasteiger partial charge in [-0.15, -0.1) is 0 Å². The Hall–Kier alpha value is -2.41. The van der Waals surface area contributed by atoms with E-state index in [1.807, 2.05) is 19.2 Å². The number of aromatic nitrogens is 3. The lowest BCUT2D eigenvalue weighted by Crippen LogP contribution is -2.44. The first-order valence-electron chi connectivity index (χ1n) is 9.40. The Morgan fingerprint density at radius 3 is 3.00 bits per heavy atom. The summed E-state index contributed by atoms with van der Waals surface area (Å²) in [5.74, 6) is 1.65. The fraction of sp³-hybridized carbons (Fsp3) is 0.526. The lowest BCUT2D eigenvalue weighted by atomic mass is 10.1. The molecule has 26 heavy (non-hydrogen) atoms. The molecule has 0 radical (unpaired) electrons. The number of aromatic amines is 1. The van der Waals surface area contributed by atoms with Gasteiger partial charge in [-0.05, 0) is 37.8 Å². The van der Waals surface area contributed by atoms with E-state index < -0.39 is 0 Å². The van der Waals surface area contributed by atoms with E-state index in [0.717, 1.165) is 36.5 Å². The molecule has 1 aromatic heterocycles. The molecule has 1 aliphatic heterocycles. The van der Waals surface area contributed by atoms with Crippen LogP contribution in [-0.4, -0.2) is 57.8 Å². The molecule has 0 bridgehead atoms. The van der Waals surface area contributed by atoms with Gasteiger partial charge in [0.15, 0.2) is 11.8 Å². The van der Waals surface area contributed by atoms with Crippen LogP contribution >= 0.6 is 0 Å². The minimum Gasteiger partial charge on any atom is -0.352 e. The number of nitrogens with one attached hydrogen (secondary N) is 3. The van der Waals surface area contributed by atoms with Crippen molar-refractivity contribution in [1.29, 1.82) is 0 Å². The molecule has 2 heterocycles. The van der Waals surface area contributed by atoms with Gasteiger partial charge in [-0.2, -0.15) is 5.10 Å². The summed E-state index contributed by atoms with van der Waals surface area (Å²) in [6.07, 6.45) is 5.44. The SMILES string of the molecule is CN=C(NCc1cccc(-c2ncn[nH]2)c1)NC1CC(C)N(C2CC2)C1. The van der Waals surface area contributed by atoms with Gasteiger partial charge in [-0.3, -0.25) is 15.0 Å². The Labute approximate surface area is 154 Å². The lowest BCUT2D eigenvalue weighted by Gasteiger charge is -2.20. The third-order valence-electron chi connectivity index (χ3n) is 5.28. The maximum absolute atomic E-state index is 4.40. The molecule has 7 nitrogen and oxygen atoms in total.